The molecule has 0 bridgehead atoms. The second-order valence-corrected chi connectivity index (χ2v) is 3.93. The molecule has 0 saturated heterocycles. The van der Waals surface area contributed by atoms with Crippen molar-refractivity contribution in [1.82, 2.24) is 4.98 Å². The Hall–Kier alpha value is -2.00. The van der Waals surface area contributed by atoms with Crippen LogP contribution in [0.5, 0.6) is 0 Å². The minimum atomic E-state index is -0.929. The first-order valence-electron chi connectivity index (χ1n) is 4.27. The van der Waals surface area contributed by atoms with E-state index in [1.165, 1.54) is 12.3 Å². The van der Waals surface area contributed by atoms with Crippen molar-refractivity contribution in [2.45, 2.75) is 0 Å². The van der Waals surface area contributed by atoms with Crippen LogP contribution in [0.25, 0.3) is 0 Å². The fourth-order valence-corrected chi connectivity index (χ4v) is 1.71. The van der Waals surface area contributed by atoms with Crippen molar-refractivity contribution < 1.29 is 8.78 Å². The van der Waals surface area contributed by atoms with Crippen LogP contribution in [-0.2, 0) is 0 Å². The number of aromatic nitrogens is 1. The van der Waals surface area contributed by atoms with Gasteiger partial charge in [-0.2, -0.15) is 5.26 Å². The summed E-state index contributed by atoms with van der Waals surface area (Å²) in [5.74, 6) is -1.83. The fourth-order valence-electron chi connectivity index (χ4n) is 1.08. The highest BCUT2D eigenvalue weighted by atomic mass is 32.1. The molecule has 1 heterocycles. The van der Waals surface area contributed by atoms with E-state index in [9.17, 15) is 8.78 Å². The van der Waals surface area contributed by atoms with Gasteiger partial charge in [-0.1, -0.05) is 11.3 Å². The van der Waals surface area contributed by atoms with Crippen LogP contribution in [0.15, 0.2) is 24.4 Å². The molecule has 1 N–H and O–H groups in total. The molecule has 0 spiro atoms. The van der Waals surface area contributed by atoms with Crippen LogP contribution in [0.4, 0.5) is 19.6 Å². The fraction of sp³-hybridized carbons (Fsp3) is 0. The molecule has 0 radical (unpaired) electrons. The van der Waals surface area contributed by atoms with E-state index in [0.29, 0.717) is 15.7 Å². The molecule has 0 aliphatic carbocycles. The van der Waals surface area contributed by atoms with Crippen molar-refractivity contribution in [2.24, 2.45) is 0 Å². The SMILES string of the molecule is N#Cc1cnc(Nc2ccc(F)c(F)c2)s1. The lowest BCUT2D eigenvalue weighted by Gasteiger charge is -2.02. The van der Waals surface area contributed by atoms with E-state index < -0.39 is 11.6 Å². The van der Waals surface area contributed by atoms with Crippen LogP contribution in [0.2, 0.25) is 0 Å². The normalized spacial score (nSPS) is 9.81. The van der Waals surface area contributed by atoms with Crippen LogP contribution in [0, 0.1) is 23.0 Å². The molecule has 2 rings (SSSR count). The molecular weight excluding hydrogens is 232 g/mol. The zero-order valence-electron chi connectivity index (χ0n) is 7.87. The number of nitrogens with one attached hydrogen (secondary N) is 1. The van der Waals surface area contributed by atoms with E-state index in [-0.39, 0.29) is 0 Å². The van der Waals surface area contributed by atoms with E-state index in [1.54, 1.807) is 0 Å². The third kappa shape index (κ3) is 2.15. The number of hydrogen-bond acceptors (Lipinski definition) is 4. The predicted octanol–water partition coefficient (Wildman–Crippen LogP) is 3.04. The van der Waals surface area contributed by atoms with Crippen LogP contribution >= 0.6 is 11.3 Å². The first-order valence-corrected chi connectivity index (χ1v) is 5.08. The van der Waals surface area contributed by atoms with Gasteiger partial charge in [-0.3, -0.25) is 0 Å². The zero-order valence-corrected chi connectivity index (χ0v) is 8.68. The van der Waals surface area contributed by atoms with Crippen LogP contribution in [0.3, 0.4) is 0 Å². The molecule has 6 heteroatoms. The summed E-state index contributed by atoms with van der Waals surface area (Å²) in [5.41, 5.74) is 0.387. The topological polar surface area (TPSA) is 48.7 Å². The Bertz CT molecular complexity index is 559. The summed E-state index contributed by atoms with van der Waals surface area (Å²) in [4.78, 5) is 4.35. The Balaban J connectivity index is 2.21. The Morgan fingerprint density at radius 3 is 2.75 bits per heavy atom. The molecule has 1 aromatic carbocycles. The maximum Gasteiger partial charge on any atom is 0.188 e. The highest BCUT2D eigenvalue weighted by molar-refractivity contribution is 7.16. The number of nitrogens with zero attached hydrogens (tertiary/aromatic N) is 2. The van der Waals surface area contributed by atoms with Crippen LogP contribution < -0.4 is 5.32 Å². The quantitative estimate of drug-likeness (QED) is 0.873. The van der Waals surface area contributed by atoms with Gasteiger partial charge in [0.25, 0.3) is 0 Å². The Morgan fingerprint density at radius 1 is 1.31 bits per heavy atom. The maximum absolute atomic E-state index is 12.9. The largest absolute Gasteiger partial charge is 0.331 e. The second kappa shape index (κ2) is 4.24. The summed E-state index contributed by atoms with van der Waals surface area (Å²) in [6.07, 6.45) is 1.41. The van der Waals surface area contributed by atoms with Crippen molar-refractivity contribution in [3.05, 3.63) is 40.9 Å². The third-order valence-corrected chi connectivity index (χ3v) is 2.60. The van der Waals surface area contributed by atoms with Crippen LogP contribution in [0.1, 0.15) is 4.88 Å². The number of halogens is 2. The monoisotopic (exact) mass is 237 g/mol. The molecule has 0 unspecified atom stereocenters. The number of nitriles is 1. The lowest BCUT2D eigenvalue weighted by molar-refractivity contribution is 0.509. The van der Waals surface area contributed by atoms with Gasteiger partial charge >= 0.3 is 0 Å². The van der Waals surface area contributed by atoms with Gasteiger partial charge in [0.2, 0.25) is 0 Å². The van der Waals surface area contributed by atoms with Crippen molar-refractivity contribution in [1.29, 1.82) is 5.26 Å². The molecule has 0 amide bonds. The molecule has 2 aromatic rings. The summed E-state index contributed by atoms with van der Waals surface area (Å²) in [6.45, 7) is 0. The van der Waals surface area contributed by atoms with E-state index in [1.807, 2.05) is 6.07 Å². The predicted molar refractivity (Wildman–Crippen MR) is 56.5 cm³/mol. The van der Waals surface area contributed by atoms with Crippen LogP contribution in [-0.4, -0.2) is 4.98 Å². The average Bonchev–Trinajstić information content (AvgIpc) is 2.71. The van der Waals surface area contributed by atoms with Gasteiger partial charge in [0, 0.05) is 11.8 Å². The Kier molecular flexibility index (Phi) is 2.79. The Morgan fingerprint density at radius 2 is 2.12 bits per heavy atom. The molecule has 0 aliphatic rings. The number of hydrogen-bond donors (Lipinski definition) is 1. The highest BCUT2D eigenvalue weighted by Gasteiger charge is 2.05. The van der Waals surface area contributed by atoms with Crippen molar-refractivity contribution in [2.75, 3.05) is 5.32 Å². The van der Waals surface area contributed by atoms with Crippen molar-refractivity contribution in [3.8, 4) is 6.07 Å². The van der Waals surface area contributed by atoms with Gasteiger partial charge < -0.3 is 5.32 Å². The molecule has 80 valence electrons. The Labute approximate surface area is 94.0 Å². The van der Waals surface area contributed by atoms with Crippen molar-refractivity contribution in [3.63, 3.8) is 0 Å². The van der Waals surface area contributed by atoms with E-state index in [0.717, 1.165) is 23.5 Å². The standard InChI is InChI=1S/C10H5F2N3S/c11-8-2-1-6(3-9(8)12)15-10-14-5-7(4-13)16-10/h1-3,5H,(H,14,15). The molecule has 16 heavy (non-hydrogen) atoms. The molecule has 0 saturated carbocycles. The molecule has 1 aromatic heterocycles. The van der Waals surface area contributed by atoms with Gasteiger partial charge in [0.1, 0.15) is 10.9 Å². The lowest BCUT2D eigenvalue weighted by atomic mass is 10.3. The molecule has 0 fully saturated rings. The maximum atomic E-state index is 12.9. The molecular formula is C10H5F2N3S. The molecule has 0 atom stereocenters. The number of anilines is 2. The summed E-state index contributed by atoms with van der Waals surface area (Å²) in [5, 5.41) is 11.8. The highest BCUT2D eigenvalue weighted by Crippen LogP contribution is 2.22. The summed E-state index contributed by atoms with van der Waals surface area (Å²) in [7, 11) is 0. The lowest BCUT2D eigenvalue weighted by Crippen LogP contribution is -1.91. The first kappa shape index (κ1) is 10.5. The van der Waals surface area contributed by atoms with Gasteiger partial charge in [0.15, 0.2) is 16.8 Å². The second-order valence-electron chi connectivity index (χ2n) is 2.90. The molecule has 3 nitrogen and oxygen atoms in total. The van der Waals surface area contributed by atoms with Gasteiger partial charge in [-0.05, 0) is 12.1 Å². The van der Waals surface area contributed by atoms with Crippen molar-refractivity contribution >= 4 is 22.2 Å². The van der Waals surface area contributed by atoms with E-state index in [2.05, 4.69) is 10.3 Å². The first-order chi connectivity index (χ1) is 7.69. The summed E-state index contributed by atoms with van der Waals surface area (Å²) in [6, 6.07) is 5.39. The minimum absolute atomic E-state index is 0.387. The smallest absolute Gasteiger partial charge is 0.188 e. The van der Waals surface area contributed by atoms with Gasteiger partial charge in [0.05, 0.1) is 6.20 Å². The zero-order chi connectivity index (χ0) is 11.5. The number of rotatable bonds is 2. The van der Waals surface area contributed by atoms with Gasteiger partial charge in [-0.25, -0.2) is 13.8 Å². The number of benzene rings is 1. The molecule has 0 aliphatic heterocycles. The van der Waals surface area contributed by atoms with E-state index >= 15 is 0 Å². The summed E-state index contributed by atoms with van der Waals surface area (Å²) >= 11 is 1.14. The summed E-state index contributed by atoms with van der Waals surface area (Å²) < 4.78 is 25.5. The van der Waals surface area contributed by atoms with E-state index in [4.69, 9.17) is 5.26 Å². The minimum Gasteiger partial charge on any atom is -0.331 e. The number of thiazole rings is 1. The average molecular weight is 237 g/mol. The third-order valence-electron chi connectivity index (χ3n) is 1.79. The van der Waals surface area contributed by atoms with Gasteiger partial charge in [-0.15, -0.1) is 0 Å².